The second-order valence-electron chi connectivity index (χ2n) is 22.9. The van der Waals surface area contributed by atoms with E-state index in [-0.39, 0.29) is 19.4 Å². The maximum atomic E-state index is 13.4. The normalized spacial score (nSPS) is 19.2. The van der Waals surface area contributed by atoms with E-state index in [1.54, 1.807) is 6.08 Å². The Labute approximate surface area is 484 Å². The lowest BCUT2D eigenvalue weighted by Gasteiger charge is -2.41. The summed E-state index contributed by atoms with van der Waals surface area (Å²) in [6.45, 7) is 5.74. The first-order valence-corrected chi connectivity index (χ1v) is 33.1. The van der Waals surface area contributed by atoms with E-state index in [9.17, 15) is 35.1 Å². The molecule has 1 amide bonds. The molecule has 6 N–H and O–H groups in total. The Balaban J connectivity index is 2.62. The zero-order valence-electron chi connectivity index (χ0n) is 51.0. The van der Waals surface area contributed by atoms with Crippen molar-refractivity contribution in [1.82, 2.24) is 5.32 Å². The van der Waals surface area contributed by atoms with E-state index in [2.05, 4.69) is 62.5 Å². The Morgan fingerprint density at radius 1 is 0.494 bits per heavy atom. The third-order valence-electron chi connectivity index (χ3n) is 15.4. The number of hydrogen-bond acceptors (Lipinski definition) is 10. The number of aliphatic hydroxyl groups excluding tert-OH is 5. The minimum absolute atomic E-state index is 0.120. The van der Waals surface area contributed by atoms with E-state index < -0.39 is 67.4 Å². The van der Waals surface area contributed by atoms with Crippen LogP contribution in [0.4, 0.5) is 0 Å². The molecular formula is C68H123NO10. The third kappa shape index (κ3) is 43.7. The van der Waals surface area contributed by atoms with Crippen LogP contribution in [0.2, 0.25) is 0 Å². The van der Waals surface area contributed by atoms with Gasteiger partial charge in [0, 0.05) is 6.42 Å². The molecule has 1 rings (SSSR count). The van der Waals surface area contributed by atoms with Gasteiger partial charge in [0.25, 0.3) is 0 Å². The molecule has 11 nitrogen and oxygen atoms in total. The Bertz CT molecular complexity index is 1510. The molecule has 0 saturated carbocycles. The number of carbonyl (C=O) groups excluding carboxylic acids is 2. The summed E-state index contributed by atoms with van der Waals surface area (Å²) in [4.78, 5) is 26.5. The van der Waals surface area contributed by atoms with Gasteiger partial charge in [-0.1, -0.05) is 287 Å². The van der Waals surface area contributed by atoms with Crippen molar-refractivity contribution in [2.24, 2.45) is 0 Å². The Morgan fingerprint density at radius 2 is 0.873 bits per heavy atom. The number of aliphatic hydroxyl groups is 5. The zero-order chi connectivity index (χ0) is 57.5. The zero-order valence-corrected chi connectivity index (χ0v) is 51.0. The van der Waals surface area contributed by atoms with E-state index in [0.29, 0.717) is 12.8 Å². The maximum Gasteiger partial charge on any atom is 0.306 e. The summed E-state index contributed by atoms with van der Waals surface area (Å²) in [6.07, 6.45) is 60.0. The SMILES string of the molecule is CCCCC/C=C\C/C=C\C/C=C\C/C=C\CCC(O)C(=O)NC(COC1OC(CO)C(O)C(O)C1OC(=O)CCCCCCCCCCCCCCCCCCCCCCCCC)C(O)/C=C/CCCCCCCCCCC. The fraction of sp³-hybridized carbons (Fsp3) is 0.824. The first kappa shape index (κ1) is 74.4. The van der Waals surface area contributed by atoms with Gasteiger partial charge in [0.15, 0.2) is 12.4 Å². The predicted octanol–water partition coefficient (Wildman–Crippen LogP) is 16.2. The molecule has 0 aromatic rings. The van der Waals surface area contributed by atoms with Gasteiger partial charge in [-0.25, -0.2) is 0 Å². The number of hydrogen-bond donors (Lipinski definition) is 6. The average molecular weight is 1110 g/mol. The van der Waals surface area contributed by atoms with Crippen LogP contribution in [0.15, 0.2) is 60.8 Å². The van der Waals surface area contributed by atoms with E-state index >= 15 is 0 Å². The van der Waals surface area contributed by atoms with Gasteiger partial charge in [-0.3, -0.25) is 9.59 Å². The topological polar surface area (TPSA) is 175 Å². The van der Waals surface area contributed by atoms with E-state index in [1.807, 2.05) is 18.2 Å². The fourth-order valence-electron chi connectivity index (χ4n) is 10.2. The van der Waals surface area contributed by atoms with Crippen LogP contribution in [-0.4, -0.2) is 99.6 Å². The molecule has 460 valence electrons. The number of allylic oxidation sites excluding steroid dienone is 9. The van der Waals surface area contributed by atoms with E-state index in [4.69, 9.17) is 14.2 Å². The summed E-state index contributed by atoms with van der Waals surface area (Å²) in [6, 6.07) is -1.05. The molecule has 1 aliphatic heterocycles. The van der Waals surface area contributed by atoms with Gasteiger partial charge in [0.05, 0.1) is 25.4 Å². The molecule has 1 aliphatic rings. The van der Waals surface area contributed by atoms with Gasteiger partial charge < -0.3 is 45.1 Å². The molecule has 0 spiro atoms. The van der Waals surface area contributed by atoms with Gasteiger partial charge >= 0.3 is 5.97 Å². The summed E-state index contributed by atoms with van der Waals surface area (Å²) >= 11 is 0. The first-order chi connectivity index (χ1) is 38.7. The predicted molar refractivity (Wildman–Crippen MR) is 329 cm³/mol. The summed E-state index contributed by atoms with van der Waals surface area (Å²) < 4.78 is 17.6. The van der Waals surface area contributed by atoms with Crippen LogP contribution in [0, 0.1) is 0 Å². The molecule has 0 radical (unpaired) electrons. The number of amides is 1. The quantitative estimate of drug-likeness (QED) is 0.0195. The molecule has 0 aromatic carbocycles. The lowest BCUT2D eigenvalue weighted by molar-refractivity contribution is -0.305. The number of unbranched alkanes of at least 4 members (excludes halogenated alkanes) is 34. The lowest BCUT2D eigenvalue weighted by Crippen LogP contribution is -2.61. The van der Waals surface area contributed by atoms with Crippen LogP contribution in [0.1, 0.15) is 297 Å². The molecule has 0 aliphatic carbocycles. The maximum absolute atomic E-state index is 13.4. The van der Waals surface area contributed by atoms with Crippen molar-refractivity contribution in [2.45, 2.75) is 346 Å². The number of esters is 1. The van der Waals surface area contributed by atoms with Crippen molar-refractivity contribution in [1.29, 1.82) is 0 Å². The van der Waals surface area contributed by atoms with Crippen molar-refractivity contribution in [3.8, 4) is 0 Å². The van der Waals surface area contributed by atoms with Crippen LogP contribution in [-0.2, 0) is 23.8 Å². The van der Waals surface area contributed by atoms with E-state index in [0.717, 1.165) is 70.6 Å². The van der Waals surface area contributed by atoms with Crippen LogP contribution in [0.5, 0.6) is 0 Å². The minimum Gasteiger partial charge on any atom is -0.454 e. The molecule has 1 fully saturated rings. The number of rotatable bonds is 56. The third-order valence-corrected chi connectivity index (χ3v) is 15.4. The van der Waals surface area contributed by atoms with Gasteiger partial charge in [0.2, 0.25) is 5.91 Å². The van der Waals surface area contributed by atoms with Crippen molar-refractivity contribution < 1.29 is 49.3 Å². The Morgan fingerprint density at radius 3 is 1.33 bits per heavy atom. The smallest absolute Gasteiger partial charge is 0.306 e. The largest absolute Gasteiger partial charge is 0.454 e. The van der Waals surface area contributed by atoms with Crippen LogP contribution >= 0.6 is 0 Å². The van der Waals surface area contributed by atoms with Crippen LogP contribution in [0.25, 0.3) is 0 Å². The average Bonchev–Trinajstić information content (AvgIpc) is 3.45. The van der Waals surface area contributed by atoms with Gasteiger partial charge in [-0.05, 0) is 64.2 Å². The van der Waals surface area contributed by atoms with Crippen molar-refractivity contribution in [3.05, 3.63) is 60.8 Å². The molecule has 0 bridgehead atoms. The molecule has 8 unspecified atom stereocenters. The molecule has 0 aromatic heterocycles. The fourth-order valence-corrected chi connectivity index (χ4v) is 10.2. The molecular weight excluding hydrogens is 991 g/mol. The van der Waals surface area contributed by atoms with Gasteiger partial charge in [-0.15, -0.1) is 0 Å². The first-order valence-electron chi connectivity index (χ1n) is 33.1. The monoisotopic (exact) mass is 1110 g/mol. The second kappa shape index (κ2) is 55.9. The lowest BCUT2D eigenvalue weighted by atomic mass is 9.99. The van der Waals surface area contributed by atoms with Crippen molar-refractivity contribution >= 4 is 11.9 Å². The molecule has 1 heterocycles. The highest BCUT2D eigenvalue weighted by Gasteiger charge is 2.47. The van der Waals surface area contributed by atoms with Crippen LogP contribution in [0.3, 0.4) is 0 Å². The standard InChI is InChI=1S/C68H123NO10/c1-4-7-10-13-16-19-22-24-26-28-29-30-31-32-33-34-36-38-41-44-47-50-53-56-63(73)79-66-65(75)64(74)62(57-70)78-68(66)77-58-59(60(71)54-51-48-45-42-39-21-18-15-12-9-6-3)69-67(76)61(72)55-52-49-46-43-40-37-35-27-25-23-20-17-14-11-8-5-2/h17,20,25,27,37,40,46,49,51,54,59-62,64-66,68,70-72,74-75H,4-16,18-19,21-24,26,28-36,38-39,41-45,47-48,50,52-53,55-58H2,1-3H3,(H,69,76)/b20-17-,27-25-,40-37-,49-46-,54-51+. The molecule has 11 heteroatoms. The highest BCUT2D eigenvalue weighted by Crippen LogP contribution is 2.26. The highest BCUT2D eigenvalue weighted by atomic mass is 16.7. The van der Waals surface area contributed by atoms with Crippen LogP contribution < -0.4 is 5.32 Å². The molecule has 8 atom stereocenters. The number of carbonyl (C=O) groups is 2. The molecule has 1 saturated heterocycles. The Kier molecular flexibility index (Phi) is 52.6. The van der Waals surface area contributed by atoms with Gasteiger partial charge in [0.1, 0.15) is 24.4 Å². The summed E-state index contributed by atoms with van der Waals surface area (Å²) in [7, 11) is 0. The number of ether oxygens (including phenoxy) is 3. The van der Waals surface area contributed by atoms with Crippen molar-refractivity contribution in [2.75, 3.05) is 13.2 Å². The van der Waals surface area contributed by atoms with Gasteiger partial charge in [-0.2, -0.15) is 0 Å². The van der Waals surface area contributed by atoms with E-state index in [1.165, 1.54) is 180 Å². The minimum atomic E-state index is -1.62. The molecule has 79 heavy (non-hydrogen) atoms. The summed E-state index contributed by atoms with van der Waals surface area (Å²) in [5.74, 6) is -1.25. The summed E-state index contributed by atoms with van der Waals surface area (Å²) in [5.41, 5.74) is 0. The summed E-state index contributed by atoms with van der Waals surface area (Å²) in [5, 5.41) is 56.9. The Hall–Kier alpha value is -2.64. The second-order valence-corrected chi connectivity index (χ2v) is 22.9. The highest BCUT2D eigenvalue weighted by molar-refractivity contribution is 5.80. The number of nitrogens with one attached hydrogen (secondary N) is 1. The van der Waals surface area contributed by atoms with Crippen molar-refractivity contribution in [3.63, 3.8) is 0 Å².